The Balaban J connectivity index is 1.47. The first kappa shape index (κ1) is 27.7. The van der Waals surface area contributed by atoms with Crippen molar-refractivity contribution >= 4 is 43.2 Å². The van der Waals surface area contributed by atoms with E-state index < -0.39 is 15.6 Å². The molecule has 0 unspecified atom stereocenters. The number of hydrogen-bond donors (Lipinski definition) is 3. The second kappa shape index (κ2) is 10.6. The molecule has 0 aliphatic carbocycles. The Morgan fingerprint density at radius 3 is 2.48 bits per heavy atom. The van der Waals surface area contributed by atoms with Gasteiger partial charge in [-0.05, 0) is 82.1 Å². The smallest absolute Gasteiger partial charge is 0.240 e. The summed E-state index contributed by atoms with van der Waals surface area (Å²) in [7, 11) is -3.57. The fourth-order valence-electron chi connectivity index (χ4n) is 4.67. The maximum atomic E-state index is 12.6. The van der Waals surface area contributed by atoms with E-state index in [1.54, 1.807) is 50.5 Å². The quantitative estimate of drug-likeness (QED) is 0.217. The van der Waals surface area contributed by atoms with Crippen LogP contribution in [-0.2, 0) is 16.6 Å². The van der Waals surface area contributed by atoms with Gasteiger partial charge in [0.15, 0.2) is 0 Å². The second-order valence-corrected chi connectivity index (χ2v) is 12.5. The van der Waals surface area contributed by atoms with E-state index in [1.807, 2.05) is 49.0 Å². The maximum absolute atomic E-state index is 12.6. The molecule has 0 radical (unpaired) electrons. The molecule has 3 N–H and O–H groups in total. The standard InChI is InChI=1S/C30H34N6O3S/c1-6-19(2)35-40(38,39)23-9-7-22(8-10-23)34-28-15-25-21(16-32-28)13-14-31-29(25)24-11-12-27-26(20(24)3)17-33-36(27)18-30(4,5)37/h7-17,19,35,37H,6,18H2,1-5H3,(H,32,34)/t19-/m1/s1. The van der Waals surface area contributed by atoms with Gasteiger partial charge in [0.1, 0.15) is 5.82 Å². The summed E-state index contributed by atoms with van der Waals surface area (Å²) in [6.07, 6.45) is 6.12. The van der Waals surface area contributed by atoms with Crippen LogP contribution >= 0.6 is 0 Å². The number of pyridine rings is 2. The molecule has 1 atom stereocenters. The molecule has 10 heteroatoms. The Labute approximate surface area is 234 Å². The number of aryl methyl sites for hydroxylation is 1. The number of hydrogen-bond acceptors (Lipinski definition) is 7. The van der Waals surface area contributed by atoms with Crippen LogP contribution in [0.15, 0.2) is 72.0 Å². The van der Waals surface area contributed by atoms with Crippen molar-refractivity contribution in [2.75, 3.05) is 5.32 Å². The summed E-state index contributed by atoms with van der Waals surface area (Å²) < 4.78 is 29.7. The van der Waals surface area contributed by atoms with Gasteiger partial charge in [0.25, 0.3) is 0 Å². The third-order valence-electron chi connectivity index (χ3n) is 6.94. The minimum atomic E-state index is -3.57. The molecule has 5 aromatic rings. The van der Waals surface area contributed by atoms with Gasteiger partial charge < -0.3 is 10.4 Å². The van der Waals surface area contributed by atoms with Crippen LogP contribution in [0.5, 0.6) is 0 Å². The third-order valence-corrected chi connectivity index (χ3v) is 8.55. The zero-order valence-corrected chi connectivity index (χ0v) is 24.1. The van der Waals surface area contributed by atoms with Crippen LogP contribution in [0.25, 0.3) is 32.9 Å². The molecule has 3 aromatic heterocycles. The van der Waals surface area contributed by atoms with Crippen molar-refractivity contribution in [3.05, 3.63) is 72.7 Å². The van der Waals surface area contributed by atoms with E-state index in [0.717, 1.165) is 44.2 Å². The first-order valence-electron chi connectivity index (χ1n) is 13.3. The van der Waals surface area contributed by atoms with E-state index in [0.29, 0.717) is 18.8 Å². The van der Waals surface area contributed by atoms with E-state index in [2.05, 4.69) is 27.0 Å². The minimum Gasteiger partial charge on any atom is -0.389 e. The Hall–Kier alpha value is -3.86. The zero-order chi connectivity index (χ0) is 28.7. The largest absolute Gasteiger partial charge is 0.389 e. The monoisotopic (exact) mass is 558 g/mol. The molecule has 0 amide bonds. The molecule has 0 saturated carbocycles. The van der Waals surface area contributed by atoms with Gasteiger partial charge in [-0.25, -0.2) is 18.1 Å². The molecule has 9 nitrogen and oxygen atoms in total. The fourth-order valence-corrected chi connectivity index (χ4v) is 6.00. The number of aromatic nitrogens is 4. The summed E-state index contributed by atoms with van der Waals surface area (Å²) in [5, 5.41) is 21.0. The van der Waals surface area contributed by atoms with Crippen LogP contribution in [0.3, 0.4) is 0 Å². The molecular formula is C30H34N6O3S. The van der Waals surface area contributed by atoms with Crippen molar-refractivity contribution in [1.82, 2.24) is 24.5 Å². The van der Waals surface area contributed by atoms with Gasteiger partial charge in [0.2, 0.25) is 10.0 Å². The van der Waals surface area contributed by atoms with E-state index in [4.69, 9.17) is 4.98 Å². The Morgan fingerprint density at radius 1 is 1.02 bits per heavy atom. The number of fused-ring (bicyclic) bond motifs is 2. The van der Waals surface area contributed by atoms with Crippen LogP contribution in [0.4, 0.5) is 11.5 Å². The summed E-state index contributed by atoms with van der Waals surface area (Å²) in [6, 6.07) is 14.4. The van der Waals surface area contributed by atoms with E-state index in [1.165, 1.54) is 0 Å². The highest BCUT2D eigenvalue weighted by atomic mass is 32.2. The number of sulfonamides is 1. The molecule has 0 fully saturated rings. The molecule has 0 aliphatic rings. The molecular weight excluding hydrogens is 524 g/mol. The highest BCUT2D eigenvalue weighted by molar-refractivity contribution is 7.89. The summed E-state index contributed by atoms with van der Waals surface area (Å²) >= 11 is 0. The highest BCUT2D eigenvalue weighted by Crippen LogP contribution is 2.34. The third kappa shape index (κ3) is 5.70. The molecule has 0 aliphatic heterocycles. The minimum absolute atomic E-state index is 0.138. The van der Waals surface area contributed by atoms with Crippen LogP contribution in [0.1, 0.15) is 39.7 Å². The molecule has 0 saturated heterocycles. The van der Waals surface area contributed by atoms with Gasteiger partial charge in [-0.2, -0.15) is 5.10 Å². The van der Waals surface area contributed by atoms with Gasteiger partial charge in [-0.15, -0.1) is 0 Å². The topological polar surface area (TPSA) is 122 Å². The van der Waals surface area contributed by atoms with Gasteiger partial charge in [0, 0.05) is 45.8 Å². The van der Waals surface area contributed by atoms with Crippen molar-refractivity contribution in [2.45, 2.75) is 64.1 Å². The first-order chi connectivity index (χ1) is 18.9. The molecule has 40 heavy (non-hydrogen) atoms. The van der Waals surface area contributed by atoms with Crippen molar-refractivity contribution in [2.24, 2.45) is 0 Å². The lowest BCUT2D eigenvalue weighted by Gasteiger charge is -2.18. The number of rotatable bonds is 9. The van der Waals surface area contributed by atoms with Gasteiger partial charge in [0.05, 0.1) is 34.4 Å². The Kier molecular flexibility index (Phi) is 7.34. The van der Waals surface area contributed by atoms with Crippen molar-refractivity contribution in [3.8, 4) is 11.3 Å². The van der Waals surface area contributed by atoms with E-state index in [-0.39, 0.29) is 10.9 Å². The Bertz CT molecular complexity index is 1790. The highest BCUT2D eigenvalue weighted by Gasteiger charge is 2.19. The van der Waals surface area contributed by atoms with Crippen LogP contribution < -0.4 is 10.0 Å². The average molecular weight is 559 g/mol. The molecule has 5 rings (SSSR count). The maximum Gasteiger partial charge on any atom is 0.240 e. The number of nitrogens with one attached hydrogen (secondary N) is 2. The van der Waals surface area contributed by atoms with Gasteiger partial charge >= 0.3 is 0 Å². The van der Waals surface area contributed by atoms with Crippen LogP contribution in [0, 0.1) is 6.92 Å². The second-order valence-electron chi connectivity index (χ2n) is 10.8. The van der Waals surface area contributed by atoms with E-state index >= 15 is 0 Å². The summed E-state index contributed by atoms with van der Waals surface area (Å²) in [5.74, 6) is 0.617. The van der Waals surface area contributed by atoms with Crippen LogP contribution in [0.2, 0.25) is 0 Å². The lowest BCUT2D eigenvalue weighted by Crippen LogP contribution is -2.31. The average Bonchev–Trinajstić information content (AvgIpc) is 3.30. The molecule has 3 heterocycles. The lowest BCUT2D eigenvalue weighted by atomic mass is 9.98. The first-order valence-corrected chi connectivity index (χ1v) is 14.8. The predicted octanol–water partition coefficient (Wildman–Crippen LogP) is 5.55. The predicted molar refractivity (Wildman–Crippen MR) is 159 cm³/mol. The molecule has 208 valence electrons. The number of aliphatic hydroxyl groups is 1. The van der Waals surface area contributed by atoms with Crippen molar-refractivity contribution < 1.29 is 13.5 Å². The SMILES string of the molecule is CC[C@@H](C)NS(=O)(=O)c1ccc(Nc2cc3c(-c4ccc5c(cnn5CC(C)(C)O)c4C)nccc3cn2)cc1. The number of benzene rings is 2. The Morgan fingerprint density at radius 2 is 1.77 bits per heavy atom. The van der Waals surface area contributed by atoms with Gasteiger partial charge in [-0.3, -0.25) is 9.67 Å². The normalized spacial score (nSPS) is 13.2. The fraction of sp³-hybridized carbons (Fsp3) is 0.300. The van der Waals surface area contributed by atoms with Crippen molar-refractivity contribution in [1.29, 1.82) is 0 Å². The van der Waals surface area contributed by atoms with Gasteiger partial charge in [-0.1, -0.05) is 13.0 Å². The zero-order valence-electron chi connectivity index (χ0n) is 23.3. The van der Waals surface area contributed by atoms with E-state index in [9.17, 15) is 13.5 Å². The molecule has 0 bridgehead atoms. The molecule has 2 aromatic carbocycles. The number of anilines is 2. The van der Waals surface area contributed by atoms with Crippen LogP contribution in [-0.4, -0.2) is 44.9 Å². The summed E-state index contributed by atoms with van der Waals surface area (Å²) in [4.78, 5) is 9.51. The summed E-state index contributed by atoms with van der Waals surface area (Å²) in [6.45, 7) is 9.76. The van der Waals surface area contributed by atoms with Crippen molar-refractivity contribution in [3.63, 3.8) is 0 Å². The number of nitrogens with zero attached hydrogens (tertiary/aromatic N) is 4. The molecule has 0 spiro atoms. The lowest BCUT2D eigenvalue weighted by molar-refractivity contribution is 0.0591. The summed E-state index contributed by atoms with van der Waals surface area (Å²) in [5.41, 5.74) is 3.66.